The van der Waals surface area contributed by atoms with Gasteiger partial charge in [0.25, 0.3) is 10.0 Å². The van der Waals surface area contributed by atoms with E-state index in [-0.39, 0.29) is 16.1 Å². The molecule has 8 heteroatoms. The van der Waals surface area contributed by atoms with Gasteiger partial charge in [0.1, 0.15) is 0 Å². The number of hydrogen-bond acceptors (Lipinski definition) is 5. The molecule has 0 spiro atoms. The normalized spacial score (nSPS) is 16.6. The molecular weight excluding hydrogens is 406 g/mol. The Kier molecular flexibility index (Phi) is 6.43. The second-order valence-corrected chi connectivity index (χ2v) is 10.3. The van der Waals surface area contributed by atoms with Crippen LogP contribution in [0.5, 0.6) is 0 Å². The number of aryl methyl sites for hydroxylation is 1. The van der Waals surface area contributed by atoms with E-state index in [9.17, 15) is 13.2 Å². The van der Waals surface area contributed by atoms with E-state index in [0.717, 1.165) is 29.2 Å². The fourth-order valence-electron chi connectivity index (χ4n) is 3.35. The molecule has 1 aliphatic rings. The molecule has 0 saturated heterocycles. The first kappa shape index (κ1) is 21.5. The van der Waals surface area contributed by atoms with Crippen LogP contribution in [-0.2, 0) is 14.8 Å². The molecule has 1 atom stereocenters. The van der Waals surface area contributed by atoms with Crippen molar-refractivity contribution in [1.82, 2.24) is 0 Å². The van der Waals surface area contributed by atoms with E-state index in [2.05, 4.69) is 28.8 Å². The third kappa shape index (κ3) is 4.87. The monoisotopic (exact) mass is 433 g/mol. The number of nitrogens with one attached hydrogen (secondary N) is 2. The molecule has 1 amide bonds. The maximum atomic E-state index is 13.0. The molecule has 0 bridgehead atoms. The van der Waals surface area contributed by atoms with Crippen molar-refractivity contribution < 1.29 is 13.2 Å². The van der Waals surface area contributed by atoms with Crippen molar-refractivity contribution in [2.24, 2.45) is 0 Å². The van der Waals surface area contributed by atoms with Crippen LogP contribution in [0, 0.1) is 6.92 Å². The number of thioether (sulfide) groups is 1. The first-order valence-electron chi connectivity index (χ1n) is 9.72. The average Bonchev–Trinajstić information content (AvgIpc) is 2.80. The van der Waals surface area contributed by atoms with Crippen molar-refractivity contribution in [3.63, 3.8) is 0 Å². The van der Waals surface area contributed by atoms with E-state index in [1.54, 1.807) is 30.0 Å². The van der Waals surface area contributed by atoms with Crippen LogP contribution in [0.3, 0.4) is 0 Å². The zero-order valence-corrected chi connectivity index (χ0v) is 18.8. The summed E-state index contributed by atoms with van der Waals surface area (Å²) in [5.74, 6) is -0.103. The second kappa shape index (κ2) is 8.67. The Hall–Kier alpha value is -2.19. The molecule has 2 aromatic carbocycles. The van der Waals surface area contributed by atoms with Crippen molar-refractivity contribution in [2.45, 2.75) is 49.2 Å². The summed E-state index contributed by atoms with van der Waals surface area (Å²) in [7, 11) is -3.78. The lowest BCUT2D eigenvalue weighted by Gasteiger charge is -2.22. The molecule has 0 aliphatic carbocycles. The van der Waals surface area contributed by atoms with E-state index in [0.29, 0.717) is 17.8 Å². The third-order valence-corrected chi connectivity index (χ3v) is 7.46. The van der Waals surface area contributed by atoms with Gasteiger partial charge in [0.05, 0.1) is 16.3 Å². The Labute approximate surface area is 177 Å². The van der Waals surface area contributed by atoms with E-state index < -0.39 is 10.0 Å². The number of hydrogen-bond donors (Lipinski definition) is 2. The predicted molar refractivity (Wildman–Crippen MR) is 121 cm³/mol. The fourth-order valence-corrected chi connectivity index (χ4v) is 5.56. The molecule has 1 heterocycles. The van der Waals surface area contributed by atoms with Gasteiger partial charge in [0, 0.05) is 35.3 Å². The minimum Gasteiger partial charge on any atom is -0.372 e. The lowest BCUT2D eigenvalue weighted by Crippen LogP contribution is -2.22. The molecule has 0 saturated carbocycles. The number of fused-ring (bicyclic) bond motifs is 1. The van der Waals surface area contributed by atoms with Crippen LogP contribution >= 0.6 is 11.8 Å². The zero-order valence-electron chi connectivity index (χ0n) is 17.2. The maximum Gasteiger partial charge on any atom is 0.261 e. The highest BCUT2D eigenvalue weighted by molar-refractivity contribution is 8.00. The Balaban J connectivity index is 1.88. The molecule has 0 radical (unpaired) electrons. The van der Waals surface area contributed by atoms with Crippen LogP contribution in [0.2, 0.25) is 0 Å². The zero-order chi connectivity index (χ0) is 21.2. The van der Waals surface area contributed by atoms with Crippen LogP contribution in [-0.4, -0.2) is 32.7 Å². The summed E-state index contributed by atoms with van der Waals surface area (Å²) in [5, 5.41) is 2.96. The number of carbonyl (C=O) groups excluding carboxylic acids is 1. The van der Waals surface area contributed by atoms with E-state index >= 15 is 0 Å². The SMILES string of the molecule is CCN(CC)c1ccc(NS(=O)(=O)c2ccc3c(c2)NC(=O)CC(C)S3)c(C)c1. The van der Waals surface area contributed by atoms with Gasteiger partial charge in [-0.2, -0.15) is 0 Å². The second-order valence-electron chi connectivity index (χ2n) is 7.12. The summed E-state index contributed by atoms with van der Waals surface area (Å²) < 4.78 is 28.6. The molecule has 2 N–H and O–H groups in total. The number of carbonyl (C=O) groups is 1. The average molecular weight is 434 g/mol. The Morgan fingerprint density at radius 2 is 1.90 bits per heavy atom. The number of benzene rings is 2. The number of sulfonamides is 1. The van der Waals surface area contributed by atoms with Crippen LogP contribution in [0.1, 0.15) is 32.8 Å². The Bertz CT molecular complexity index is 1020. The van der Waals surface area contributed by atoms with Crippen LogP contribution < -0.4 is 14.9 Å². The molecular formula is C21H27N3O3S2. The molecule has 156 valence electrons. The maximum absolute atomic E-state index is 13.0. The molecule has 3 rings (SSSR count). The minimum absolute atomic E-state index is 0.103. The minimum atomic E-state index is -3.78. The van der Waals surface area contributed by atoms with Crippen molar-refractivity contribution in [1.29, 1.82) is 0 Å². The summed E-state index contributed by atoms with van der Waals surface area (Å²) in [4.78, 5) is 15.2. The van der Waals surface area contributed by atoms with E-state index in [4.69, 9.17) is 0 Å². The van der Waals surface area contributed by atoms with Crippen molar-refractivity contribution >= 4 is 44.8 Å². The van der Waals surface area contributed by atoms with Crippen LogP contribution in [0.4, 0.5) is 17.1 Å². The van der Waals surface area contributed by atoms with Gasteiger partial charge in [-0.05, 0) is 62.7 Å². The lowest BCUT2D eigenvalue weighted by atomic mass is 10.1. The third-order valence-electron chi connectivity index (χ3n) is 4.92. The summed E-state index contributed by atoms with van der Waals surface area (Å²) in [6.45, 7) is 9.82. The largest absolute Gasteiger partial charge is 0.372 e. The van der Waals surface area contributed by atoms with Crippen molar-refractivity contribution in [3.8, 4) is 0 Å². The number of amides is 1. The molecule has 6 nitrogen and oxygen atoms in total. The molecule has 29 heavy (non-hydrogen) atoms. The van der Waals surface area contributed by atoms with Crippen LogP contribution in [0.25, 0.3) is 0 Å². The molecule has 0 fully saturated rings. The molecule has 0 aromatic heterocycles. The quantitative estimate of drug-likeness (QED) is 0.703. The van der Waals surface area contributed by atoms with Gasteiger partial charge >= 0.3 is 0 Å². The standard InChI is InChI=1S/C21H27N3O3S2/c1-5-24(6-2)16-7-9-18(14(3)11-16)23-29(26,27)17-8-10-20-19(13-17)22-21(25)12-15(4)28-20/h7-11,13,15,23H,5-6,12H2,1-4H3,(H,22,25). The van der Waals surface area contributed by atoms with Crippen LogP contribution in [0.15, 0.2) is 46.2 Å². The van der Waals surface area contributed by atoms with Gasteiger partial charge in [-0.25, -0.2) is 8.42 Å². The first-order chi connectivity index (χ1) is 13.7. The van der Waals surface area contributed by atoms with Gasteiger partial charge in [-0.1, -0.05) is 6.92 Å². The van der Waals surface area contributed by atoms with E-state index in [1.165, 1.54) is 6.07 Å². The van der Waals surface area contributed by atoms with Gasteiger partial charge in [0.2, 0.25) is 5.91 Å². The highest BCUT2D eigenvalue weighted by Gasteiger charge is 2.22. The predicted octanol–water partition coefficient (Wildman–Crippen LogP) is 4.46. The Morgan fingerprint density at radius 1 is 1.17 bits per heavy atom. The molecule has 2 aromatic rings. The Morgan fingerprint density at radius 3 is 2.55 bits per heavy atom. The lowest BCUT2D eigenvalue weighted by molar-refractivity contribution is -0.116. The summed E-state index contributed by atoms with van der Waals surface area (Å²) in [6, 6.07) is 10.6. The van der Waals surface area contributed by atoms with Crippen molar-refractivity contribution in [3.05, 3.63) is 42.0 Å². The topological polar surface area (TPSA) is 78.5 Å². The summed E-state index contributed by atoms with van der Waals surface area (Å²) in [5.41, 5.74) is 3.00. The fraction of sp³-hybridized carbons (Fsp3) is 0.381. The highest BCUT2D eigenvalue weighted by Crippen LogP contribution is 2.36. The first-order valence-corrected chi connectivity index (χ1v) is 12.1. The van der Waals surface area contributed by atoms with Gasteiger partial charge in [0.15, 0.2) is 0 Å². The number of rotatable bonds is 6. The van der Waals surface area contributed by atoms with E-state index in [1.807, 2.05) is 26.0 Å². The van der Waals surface area contributed by atoms with Gasteiger partial charge < -0.3 is 10.2 Å². The smallest absolute Gasteiger partial charge is 0.261 e. The van der Waals surface area contributed by atoms with Gasteiger partial charge in [-0.15, -0.1) is 11.8 Å². The number of nitrogens with zero attached hydrogens (tertiary/aromatic N) is 1. The molecule has 1 unspecified atom stereocenters. The summed E-state index contributed by atoms with van der Waals surface area (Å²) >= 11 is 1.57. The highest BCUT2D eigenvalue weighted by atomic mass is 32.2. The summed E-state index contributed by atoms with van der Waals surface area (Å²) in [6.07, 6.45) is 0.401. The van der Waals surface area contributed by atoms with Gasteiger partial charge in [-0.3, -0.25) is 9.52 Å². The number of anilines is 3. The van der Waals surface area contributed by atoms with Crippen molar-refractivity contribution in [2.75, 3.05) is 28.0 Å². The molecule has 1 aliphatic heterocycles.